The van der Waals surface area contributed by atoms with Gasteiger partial charge in [0.05, 0.1) is 5.60 Å². The summed E-state index contributed by atoms with van der Waals surface area (Å²) in [6.45, 7) is 6.23. The van der Waals surface area contributed by atoms with Crippen LogP contribution in [0.4, 0.5) is 0 Å². The standard InChI is InChI=1S/C5H11BO/c1-5(2,3)7-4-6/h4H2,1-3H3. The Kier molecular flexibility index (Phi) is 2.37. The fourth-order valence-electron chi connectivity index (χ4n) is 0.250. The molecule has 0 aromatic heterocycles. The highest BCUT2D eigenvalue weighted by atomic mass is 16.5. The molecule has 0 amide bonds. The van der Waals surface area contributed by atoms with E-state index in [1.165, 1.54) is 0 Å². The number of ether oxygens (including phenoxy) is 1. The van der Waals surface area contributed by atoms with E-state index >= 15 is 0 Å². The van der Waals surface area contributed by atoms with Gasteiger partial charge in [0.15, 0.2) is 0 Å². The second kappa shape index (κ2) is 2.36. The van der Waals surface area contributed by atoms with Crippen molar-refractivity contribution in [2.75, 3.05) is 6.51 Å². The van der Waals surface area contributed by atoms with E-state index in [0.717, 1.165) is 0 Å². The van der Waals surface area contributed by atoms with Crippen molar-refractivity contribution in [3.05, 3.63) is 0 Å². The first-order valence-corrected chi connectivity index (χ1v) is 2.40. The predicted molar refractivity (Wildman–Crippen MR) is 31.5 cm³/mol. The van der Waals surface area contributed by atoms with Gasteiger partial charge >= 0.3 is 0 Å². The molecule has 2 radical (unpaired) electrons. The van der Waals surface area contributed by atoms with E-state index in [2.05, 4.69) is 0 Å². The molecule has 0 bridgehead atoms. The molecule has 0 fully saturated rings. The van der Waals surface area contributed by atoms with Gasteiger partial charge in [-0.2, -0.15) is 0 Å². The molecule has 2 heteroatoms. The predicted octanol–water partition coefficient (Wildman–Crippen LogP) is 0.927. The van der Waals surface area contributed by atoms with Crippen molar-refractivity contribution in [3.63, 3.8) is 0 Å². The molecule has 0 saturated carbocycles. The summed E-state index contributed by atoms with van der Waals surface area (Å²) in [5.41, 5.74) is -0.0747. The first kappa shape index (κ1) is 7.02. The minimum atomic E-state index is -0.0747. The Morgan fingerprint density at radius 1 is 1.43 bits per heavy atom. The van der Waals surface area contributed by atoms with Crippen LogP contribution in [0.25, 0.3) is 0 Å². The Hall–Kier alpha value is 0.0249. The molecule has 0 spiro atoms. The molecule has 0 unspecified atom stereocenters. The van der Waals surface area contributed by atoms with Crippen molar-refractivity contribution < 1.29 is 4.74 Å². The van der Waals surface area contributed by atoms with Gasteiger partial charge in [0.1, 0.15) is 7.85 Å². The van der Waals surface area contributed by atoms with Crippen LogP contribution in [0.3, 0.4) is 0 Å². The normalized spacial score (nSPS) is 11.9. The summed E-state index contributed by atoms with van der Waals surface area (Å²) in [6, 6.07) is 0. The van der Waals surface area contributed by atoms with Crippen LogP contribution in [0.2, 0.25) is 0 Å². The molecule has 0 N–H and O–H groups in total. The van der Waals surface area contributed by atoms with Gasteiger partial charge in [0.2, 0.25) is 0 Å². The minimum Gasteiger partial charge on any atom is -0.386 e. The van der Waals surface area contributed by atoms with Crippen LogP contribution in [0.15, 0.2) is 0 Å². The summed E-state index contributed by atoms with van der Waals surface area (Å²) in [5, 5.41) is 0. The molecule has 0 rings (SSSR count). The smallest absolute Gasteiger partial charge is 0.104 e. The van der Waals surface area contributed by atoms with Crippen LogP contribution in [0.5, 0.6) is 0 Å². The van der Waals surface area contributed by atoms with Gasteiger partial charge in [-0.25, -0.2) is 0 Å². The lowest BCUT2D eigenvalue weighted by molar-refractivity contribution is 0.0259. The van der Waals surface area contributed by atoms with Crippen LogP contribution in [0.1, 0.15) is 20.8 Å². The van der Waals surface area contributed by atoms with Crippen LogP contribution in [-0.2, 0) is 4.74 Å². The van der Waals surface area contributed by atoms with Gasteiger partial charge in [0, 0.05) is 6.51 Å². The molecule has 0 heterocycles. The van der Waals surface area contributed by atoms with Crippen LogP contribution in [-0.4, -0.2) is 20.0 Å². The van der Waals surface area contributed by atoms with Crippen molar-refractivity contribution >= 4 is 7.85 Å². The second-order valence-corrected chi connectivity index (χ2v) is 2.42. The quantitative estimate of drug-likeness (QED) is 0.443. The van der Waals surface area contributed by atoms with Gasteiger partial charge in [0.25, 0.3) is 0 Å². The average molecular weight is 98.0 g/mol. The largest absolute Gasteiger partial charge is 0.386 e. The molecule has 7 heavy (non-hydrogen) atoms. The zero-order valence-corrected chi connectivity index (χ0v) is 5.19. The fraction of sp³-hybridized carbons (Fsp3) is 1.00. The molecule has 0 atom stereocenters. The van der Waals surface area contributed by atoms with Crippen LogP contribution < -0.4 is 0 Å². The van der Waals surface area contributed by atoms with Crippen LogP contribution >= 0.6 is 0 Å². The van der Waals surface area contributed by atoms with Gasteiger partial charge in [-0.1, -0.05) is 0 Å². The van der Waals surface area contributed by atoms with E-state index in [9.17, 15) is 0 Å². The Morgan fingerprint density at radius 2 is 1.86 bits per heavy atom. The Morgan fingerprint density at radius 3 is 1.86 bits per heavy atom. The first-order valence-electron chi connectivity index (χ1n) is 2.40. The maximum atomic E-state index is 5.09. The summed E-state index contributed by atoms with van der Waals surface area (Å²) in [6.07, 6.45) is 0. The summed E-state index contributed by atoms with van der Waals surface area (Å²) >= 11 is 0. The van der Waals surface area contributed by atoms with E-state index in [1.807, 2.05) is 20.8 Å². The second-order valence-electron chi connectivity index (χ2n) is 2.42. The van der Waals surface area contributed by atoms with E-state index in [1.54, 1.807) is 0 Å². The van der Waals surface area contributed by atoms with Gasteiger partial charge < -0.3 is 4.74 Å². The molecule has 0 aliphatic rings. The molecule has 40 valence electrons. The third-order valence-corrected chi connectivity index (χ3v) is 0.516. The third kappa shape index (κ3) is 6.02. The van der Waals surface area contributed by atoms with E-state index in [-0.39, 0.29) is 5.60 Å². The zero-order valence-electron chi connectivity index (χ0n) is 5.19. The molecule has 0 aromatic rings. The zero-order chi connectivity index (χ0) is 5.91. The van der Waals surface area contributed by atoms with E-state index in [4.69, 9.17) is 12.6 Å². The molecule has 0 aromatic carbocycles. The highest BCUT2D eigenvalue weighted by molar-refractivity contribution is 6.08. The SMILES string of the molecule is [B]COC(C)(C)C. The highest BCUT2D eigenvalue weighted by Crippen LogP contribution is 2.03. The third-order valence-electron chi connectivity index (χ3n) is 0.516. The summed E-state index contributed by atoms with van der Waals surface area (Å²) in [5.74, 6) is 0. The number of hydrogen-bond acceptors (Lipinski definition) is 1. The lowest BCUT2D eigenvalue weighted by Gasteiger charge is -2.17. The Bertz CT molecular complexity index is 46.5. The van der Waals surface area contributed by atoms with Gasteiger partial charge in [-0.15, -0.1) is 0 Å². The van der Waals surface area contributed by atoms with E-state index in [0.29, 0.717) is 6.51 Å². The molecule has 0 aliphatic heterocycles. The summed E-state index contributed by atoms with van der Waals surface area (Å²) < 4.78 is 5.01. The van der Waals surface area contributed by atoms with Crippen LogP contribution in [0, 0.1) is 0 Å². The van der Waals surface area contributed by atoms with Crippen molar-refractivity contribution in [1.29, 1.82) is 0 Å². The average Bonchev–Trinajstić information content (AvgIpc) is 1.30. The topological polar surface area (TPSA) is 9.23 Å². The first-order chi connectivity index (χ1) is 3.06. The van der Waals surface area contributed by atoms with Crippen molar-refractivity contribution in [3.8, 4) is 0 Å². The molecular formula is C5H11BO. The lowest BCUT2D eigenvalue weighted by atomic mass is 10.1. The summed E-state index contributed by atoms with van der Waals surface area (Å²) in [4.78, 5) is 0. The van der Waals surface area contributed by atoms with Crippen molar-refractivity contribution in [1.82, 2.24) is 0 Å². The van der Waals surface area contributed by atoms with E-state index < -0.39 is 0 Å². The van der Waals surface area contributed by atoms with Crippen molar-refractivity contribution in [2.45, 2.75) is 26.4 Å². The monoisotopic (exact) mass is 98.1 g/mol. The maximum Gasteiger partial charge on any atom is 0.104 e. The number of hydrogen-bond donors (Lipinski definition) is 0. The highest BCUT2D eigenvalue weighted by Gasteiger charge is 2.06. The molecular weight excluding hydrogens is 86.9 g/mol. The molecule has 0 saturated heterocycles. The Balaban J connectivity index is 3.15. The fourth-order valence-corrected chi connectivity index (χ4v) is 0.250. The summed E-state index contributed by atoms with van der Waals surface area (Å²) in [7, 11) is 5.09. The van der Waals surface area contributed by atoms with Crippen molar-refractivity contribution in [2.24, 2.45) is 0 Å². The van der Waals surface area contributed by atoms with Gasteiger partial charge in [-0.3, -0.25) is 0 Å². The van der Waals surface area contributed by atoms with Gasteiger partial charge in [-0.05, 0) is 20.8 Å². The minimum absolute atomic E-state index is 0.0747. The maximum absolute atomic E-state index is 5.09. The molecule has 0 aliphatic carbocycles. The Labute approximate surface area is 46.5 Å². The lowest BCUT2D eigenvalue weighted by Crippen LogP contribution is -2.19. The molecule has 1 nitrogen and oxygen atoms in total. The number of rotatable bonds is 1.